The summed E-state index contributed by atoms with van der Waals surface area (Å²) in [6.07, 6.45) is 0.937. The van der Waals surface area contributed by atoms with Gasteiger partial charge in [0.05, 0.1) is 11.1 Å². The van der Waals surface area contributed by atoms with Crippen molar-refractivity contribution in [2.45, 2.75) is 32.6 Å². The molecule has 0 aliphatic carbocycles. The summed E-state index contributed by atoms with van der Waals surface area (Å²) in [5, 5.41) is 0.0250. The minimum absolute atomic E-state index is 0.0250. The molecule has 1 aromatic heterocycles. The predicted molar refractivity (Wildman–Crippen MR) is 65.3 cm³/mol. The van der Waals surface area contributed by atoms with Gasteiger partial charge in [0, 0.05) is 20.0 Å². The second kappa shape index (κ2) is 4.69. The summed E-state index contributed by atoms with van der Waals surface area (Å²) < 4.78 is 5.35. The molecule has 1 aromatic rings. The van der Waals surface area contributed by atoms with Crippen LogP contribution in [-0.2, 0) is 0 Å². The van der Waals surface area contributed by atoms with Crippen LogP contribution < -0.4 is 0 Å². The first-order valence-corrected chi connectivity index (χ1v) is 6.30. The first kappa shape index (κ1) is 12.4. The summed E-state index contributed by atoms with van der Waals surface area (Å²) in [6.45, 7) is 6.97. The van der Waals surface area contributed by atoms with E-state index in [4.69, 9.17) is 16.0 Å². The smallest absolute Gasteiger partial charge is 0.291 e. The maximum absolute atomic E-state index is 12.2. The van der Waals surface area contributed by atoms with E-state index in [1.165, 1.54) is 0 Å². The van der Waals surface area contributed by atoms with Crippen molar-refractivity contribution in [3.63, 3.8) is 0 Å². The Labute approximate surface area is 106 Å². The monoisotopic (exact) mass is 256 g/mol. The van der Waals surface area contributed by atoms with Gasteiger partial charge < -0.3 is 9.32 Å². The van der Waals surface area contributed by atoms with E-state index in [0.29, 0.717) is 29.8 Å². The number of aryl methyl sites for hydroxylation is 2. The van der Waals surface area contributed by atoms with Gasteiger partial charge in [0.1, 0.15) is 0 Å². The van der Waals surface area contributed by atoms with Crippen LogP contribution in [0.2, 0.25) is 0 Å². The van der Waals surface area contributed by atoms with E-state index in [2.05, 4.69) is 11.9 Å². The highest BCUT2D eigenvalue weighted by Gasteiger charge is 2.30. The van der Waals surface area contributed by atoms with Crippen molar-refractivity contribution in [2.75, 3.05) is 13.1 Å². The molecule has 1 aliphatic heterocycles. The number of nitrogens with zero attached hydrogens (tertiary/aromatic N) is 2. The number of carbonyl (C=O) groups excluding carboxylic acids is 1. The zero-order valence-electron chi connectivity index (χ0n) is 10.4. The SMILES string of the molecule is Cc1nc(C)c(C(=O)N2CCC(C)C(Cl)C2)o1. The highest BCUT2D eigenvalue weighted by Crippen LogP contribution is 2.23. The molecule has 0 bridgehead atoms. The number of piperidine rings is 1. The maximum atomic E-state index is 12.2. The maximum Gasteiger partial charge on any atom is 0.291 e. The Kier molecular flexibility index (Phi) is 3.43. The van der Waals surface area contributed by atoms with Crippen molar-refractivity contribution < 1.29 is 9.21 Å². The van der Waals surface area contributed by atoms with Crippen LogP contribution >= 0.6 is 11.6 Å². The van der Waals surface area contributed by atoms with Crippen LogP contribution in [0.15, 0.2) is 4.42 Å². The molecular weight excluding hydrogens is 240 g/mol. The molecule has 0 spiro atoms. The zero-order valence-corrected chi connectivity index (χ0v) is 11.1. The summed E-state index contributed by atoms with van der Waals surface area (Å²) in [5.41, 5.74) is 0.650. The topological polar surface area (TPSA) is 46.3 Å². The van der Waals surface area contributed by atoms with Gasteiger partial charge in [-0.25, -0.2) is 4.98 Å². The van der Waals surface area contributed by atoms with Crippen molar-refractivity contribution in [1.82, 2.24) is 9.88 Å². The van der Waals surface area contributed by atoms with E-state index in [-0.39, 0.29) is 11.3 Å². The van der Waals surface area contributed by atoms with Gasteiger partial charge in [-0.05, 0) is 19.3 Å². The Hall–Kier alpha value is -1.03. The molecule has 17 heavy (non-hydrogen) atoms. The summed E-state index contributed by atoms with van der Waals surface area (Å²) >= 11 is 6.20. The lowest BCUT2D eigenvalue weighted by Gasteiger charge is -2.33. The standard InChI is InChI=1S/C12H17ClN2O2/c1-7-4-5-15(6-10(7)13)12(16)11-8(2)14-9(3)17-11/h7,10H,4-6H2,1-3H3. The molecule has 5 heteroatoms. The second-order valence-corrected chi connectivity index (χ2v) is 5.24. The van der Waals surface area contributed by atoms with Crippen LogP contribution in [0.3, 0.4) is 0 Å². The van der Waals surface area contributed by atoms with Crippen molar-refractivity contribution in [2.24, 2.45) is 5.92 Å². The molecule has 0 radical (unpaired) electrons. The van der Waals surface area contributed by atoms with E-state index in [1.54, 1.807) is 18.7 Å². The van der Waals surface area contributed by atoms with Crippen LogP contribution in [-0.4, -0.2) is 34.3 Å². The van der Waals surface area contributed by atoms with Crippen molar-refractivity contribution in [1.29, 1.82) is 0 Å². The van der Waals surface area contributed by atoms with Crippen molar-refractivity contribution in [3.05, 3.63) is 17.3 Å². The third kappa shape index (κ3) is 2.46. The fourth-order valence-electron chi connectivity index (χ4n) is 2.08. The number of halogens is 1. The minimum Gasteiger partial charge on any atom is -0.436 e. The Balaban J connectivity index is 2.13. The Morgan fingerprint density at radius 3 is 2.76 bits per heavy atom. The summed E-state index contributed by atoms with van der Waals surface area (Å²) in [5.74, 6) is 1.23. The van der Waals surface area contributed by atoms with E-state index < -0.39 is 0 Å². The van der Waals surface area contributed by atoms with Crippen LogP contribution in [0.4, 0.5) is 0 Å². The van der Waals surface area contributed by atoms with Gasteiger partial charge in [-0.1, -0.05) is 6.92 Å². The first-order chi connectivity index (χ1) is 7.99. The van der Waals surface area contributed by atoms with Gasteiger partial charge in [-0.15, -0.1) is 11.6 Å². The summed E-state index contributed by atoms with van der Waals surface area (Å²) in [7, 11) is 0. The molecule has 1 fully saturated rings. The van der Waals surface area contributed by atoms with Crippen LogP contribution in [0, 0.1) is 19.8 Å². The lowest BCUT2D eigenvalue weighted by Crippen LogP contribution is -2.43. The largest absolute Gasteiger partial charge is 0.436 e. The molecular formula is C12H17ClN2O2. The third-order valence-electron chi connectivity index (χ3n) is 3.25. The third-order valence-corrected chi connectivity index (χ3v) is 3.82. The van der Waals surface area contributed by atoms with E-state index in [0.717, 1.165) is 13.0 Å². The van der Waals surface area contributed by atoms with Gasteiger partial charge in [0.25, 0.3) is 5.91 Å². The van der Waals surface area contributed by atoms with Crippen LogP contribution in [0.1, 0.15) is 35.5 Å². The average Bonchev–Trinajstić information content (AvgIpc) is 2.61. The fourth-order valence-corrected chi connectivity index (χ4v) is 2.37. The molecule has 2 rings (SSSR count). The van der Waals surface area contributed by atoms with Crippen molar-refractivity contribution in [3.8, 4) is 0 Å². The zero-order chi connectivity index (χ0) is 12.6. The Morgan fingerprint density at radius 2 is 2.24 bits per heavy atom. The number of likely N-dealkylation sites (tertiary alicyclic amines) is 1. The second-order valence-electron chi connectivity index (χ2n) is 4.68. The molecule has 94 valence electrons. The number of oxazole rings is 1. The van der Waals surface area contributed by atoms with Gasteiger partial charge in [-0.3, -0.25) is 4.79 Å². The first-order valence-electron chi connectivity index (χ1n) is 5.86. The fraction of sp³-hybridized carbons (Fsp3) is 0.667. The number of alkyl halides is 1. The highest BCUT2D eigenvalue weighted by atomic mass is 35.5. The predicted octanol–water partition coefficient (Wildman–Crippen LogP) is 2.38. The number of hydrogen-bond acceptors (Lipinski definition) is 3. The number of hydrogen-bond donors (Lipinski definition) is 0. The van der Waals surface area contributed by atoms with Crippen LogP contribution in [0.25, 0.3) is 0 Å². The number of carbonyl (C=O) groups is 1. The van der Waals surface area contributed by atoms with Gasteiger partial charge in [0.2, 0.25) is 5.76 Å². The highest BCUT2D eigenvalue weighted by molar-refractivity contribution is 6.21. The van der Waals surface area contributed by atoms with E-state index >= 15 is 0 Å². The van der Waals surface area contributed by atoms with Gasteiger partial charge >= 0.3 is 0 Å². The minimum atomic E-state index is -0.0966. The van der Waals surface area contributed by atoms with Gasteiger partial charge in [-0.2, -0.15) is 0 Å². The van der Waals surface area contributed by atoms with Gasteiger partial charge in [0.15, 0.2) is 5.89 Å². The molecule has 0 N–H and O–H groups in total. The normalized spacial score (nSPS) is 25.1. The van der Waals surface area contributed by atoms with E-state index in [1.807, 2.05) is 0 Å². The lowest BCUT2D eigenvalue weighted by molar-refractivity contribution is 0.0667. The molecule has 4 nitrogen and oxygen atoms in total. The summed E-state index contributed by atoms with van der Waals surface area (Å²) in [4.78, 5) is 18.1. The molecule has 2 heterocycles. The average molecular weight is 257 g/mol. The molecule has 2 atom stereocenters. The number of aromatic nitrogens is 1. The molecule has 1 amide bonds. The number of amides is 1. The molecule has 2 unspecified atom stereocenters. The molecule has 0 aromatic carbocycles. The quantitative estimate of drug-likeness (QED) is 0.725. The van der Waals surface area contributed by atoms with Crippen molar-refractivity contribution >= 4 is 17.5 Å². The van der Waals surface area contributed by atoms with E-state index in [9.17, 15) is 4.79 Å². The van der Waals surface area contributed by atoms with Crippen LogP contribution in [0.5, 0.6) is 0 Å². The molecule has 0 saturated carbocycles. The number of rotatable bonds is 1. The lowest BCUT2D eigenvalue weighted by atomic mass is 9.98. The Morgan fingerprint density at radius 1 is 1.53 bits per heavy atom. The molecule has 1 aliphatic rings. The molecule has 1 saturated heterocycles. The summed E-state index contributed by atoms with van der Waals surface area (Å²) in [6, 6.07) is 0. The Bertz CT molecular complexity index is 430.